The van der Waals surface area contributed by atoms with E-state index in [1.54, 1.807) is 38.4 Å². The van der Waals surface area contributed by atoms with Crippen LogP contribution >= 0.6 is 0 Å². The molecule has 1 heterocycles. The summed E-state index contributed by atoms with van der Waals surface area (Å²) in [5, 5.41) is 3.97. The standard InChI is InChI=1S/C23H25N3O3/c1-15-19-7-5-6-8-21(19)24-16(2)20(15)13-22(27)25-17-9-11-18(12-10-17)29-14-23(28)26(3)4/h5-12H,13-14H2,1-4H3,(H,25,27). The van der Waals surface area contributed by atoms with Crippen molar-refractivity contribution >= 4 is 28.4 Å². The third-order valence-electron chi connectivity index (χ3n) is 4.82. The van der Waals surface area contributed by atoms with Crippen molar-refractivity contribution in [3.05, 3.63) is 65.4 Å². The Balaban J connectivity index is 1.65. The molecule has 6 nitrogen and oxygen atoms in total. The highest BCUT2D eigenvalue weighted by atomic mass is 16.5. The first kappa shape index (κ1) is 20.3. The van der Waals surface area contributed by atoms with Gasteiger partial charge in [-0.3, -0.25) is 14.6 Å². The third kappa shape index (κ3) is 4.90. The van der Waals surface area contributed by atoms with Crippen LogP contribution in [-0.2, 0) is 16.0 Å². The lowest BCUT2D eigenvalue weighted by Crippen LogP contribution is -2.27. The Bertz CT molecular complexity index is 1040. The molecule has 0 fully saturated rings. The number of carbonyl (C=O) groups excluding carboxylic acids is 2. The second kappa shape index (κ2) is 8.73. The molecule has 29 heavy (non-hydrogen) atoms. The van der Waals surface area contributed by atoms with E-state index in [1.165, 1.54) is 4.90 Å². The SMILES string of the molecule is Cc1nc2ccccc2c(C)c1CC(=O)Nc1ccc(OCC(=O)N(C)C)cc1. The number of carbonyl (C=O) groups is 2. The summed E-state index contributed by atoms with van der Waals surface area (Å²) >= 11 is 0. The number of para-hydroxylation sites is 1. The minimum Gasteiger partial charge on any atom is -0.484 e. The summed E-state index contributed by atoms with van der Waals surface area (Å²) in [5.74, 6) is 0.352. The Morgan fingerprint density at radius 1 is 1.03 bits per heavy atom. The van der Waals surface area contributed by atoms with Crippen LogP contribution in [0.15, 0.2) is 48.5 Å². The van der Waals surface area contributed by atoms with E-state index in [1.807, 2.05) is 38.1 Å². The first-order chi connectivity index (χ1) is 13.8. The quantitative estimate of drug-likeness (QED) is 0.698. The highest BCUT2D eigenvalue weighted by Gasteiger charge is 2.13. The molecule has 3 rings (SSSR count). The van der Waals surface area contributed by atoms with Gasteiger partial charge in [0.25, 0.3) is 5.91 Å². The van der Waals surface area contributed by atoms with Crippen molar-refractivity contribution in [1.29, 1.82) is 0 Å². The summed E-state index contributed by atoms with van der Waals surface area (Å²) in [4.78, 5) is 30.3. The number of nitrogens with zero attached hydrogens (tertiary/aromatic N) is 2. The average Bonchev–Trinajstić information content (AvgIpc) is 2.70. The summed E-state index contributed by atoms with van der Waals surface area (Å²) in [5.41, 5.74) is 4.51. The first-order valence-corrected chi connectivity index (χ1v) is 9.43. The highest BCUT2D eigenvalue weighted by molar-refractivity contribution is 5.94. The van der Waals surface area contributed by atoms with Crippen molar-refractivity contribution < 1.29 is 14.3 Å². The molecule has 0 aliphatic carbocycles. The zero-order valence-corrected chi connectivity index (χ0v) is 17.2. The Hall–Kier alpha value is -3.41. The number of aryl methyl sites for hydroxylation is 2. The summed E-state index contributed by atoms with van der Waals surface area (Å²) in [6.45, 7) is 3.94. The molecule has 2 aromatic carbocycles. The Kier molecular flexibility index (Phi) is 6.12. The Morgan fingerprint density at radius 2 is 1.72 bits per heavy atom. The van der Waals surface area contributed by atoms with Gasteiger partial charge in [0.15, 0.2) is 6.61 Å². The van der Waals surface area contributed by atoms with Crippen LogP contribution in [-0.4, -0.2) is 42.4 Å². The predicted octanol–water partition coefficient (Wildman–Crippen LogP) is 3.50. The van der Waals surface area contributed by atoms with Crippen LogP contribution in [0, 0.1) is 13.8 Å². The van der Waals surface area contributed by atoms with E-state index >= 15 is 0 Å². The van der Waals surface area contributed by atoms with Crippen molar-refractivity contribution in [2.45, 2.75) is 20.3 Å². The highest BCUT2D eigenvalue weighted by Crippen LogP contribution is 2.23. The van der Waals surface area contributed by atoms with E-state index in [-0.39, 0.29) is 24.8 Å². The van der Waals surface area contributed by atoms with E-state index in [0.717, 1.165) is 27.7 Å². The molecule has 2 amide bonds. The number of fused-ring (bicyclic) bond motifs is 1. The molecule has 0 aliphatic rings. The van der Waals surface area contributed by atoms with Crippen molar-refractivity contribution in [3.8, 4) is 5.75 Å². The van der Waals surface area contributed by atoms with Gasteiger partial charge in [-0.25, -0.2) is 0 Å². The van der Waals surface area contributed by atoms with Gasteiger partial charge in [-0.2, -0.15) is 0 Å². The number of benzene rings is 2. The van der Waals surface area contributed by atoms with Crippen molar-refractivity contribution in [2.24, 2.45) is 0 Å². The number of nitrogens with one attached hydrogen (secondary N) is 1. The number of amides is 2. The summed E-state index contributed by atoms with van der Waals surface area (Å²) in [6, 6.07) is 14.9. The summed E-state index contributed by atoms with van der Waals surface area (Å²) in [7, 11) is 3.36. The maximum Gasteiger partial charge on any atom is 0.259 e. The number of hydrogen-bond acceptors (Lipinski definition) is 4. The number of ether oxygens (including phenoxy) is 1. The van der Waals surface area contributed by atoms with Crippen molar-refractivity contribution in [1.82, 2.24) is 9.88 Å². The van der Waals surface area contributed by atoms with Gasteiger partial charge in [0.1, 0.15) is 5.75 Å². The molecule has 0 saturated carbocycles. The fraction of sp³-hybridized carbons (Fsp3) is 0.261. The lowest BCUT2D eigenvalue weighted by Gasteiger charge is -2.13. The number of pyridine rings is 1. The van der Waals surface area contributed by atoms with E-state index in [4.69, 9.17) is 4.74 Å². The number of aromatic nitrogens is 1. The molecule has 1 aromatic heterocycles. The number of anilines is 1. The number of hydrogen-bond donors (Lipinski definition) is 1. The fourth-order valence-corrected chi connectivity index (χ4v) is 3.11. The van der Waals surface area contributed by atoms with Crippen LogP contribution < -0.4 is 10.1 Å². The monoisotopic (exact) mass is 391 g/mol. The van der Waals surface area contributed by atoms with Crippen LogP contribution in [0.2, 0.25) is 0 Å². The van der Waals surface area contributed by atoms with Crippen molar-refractivity contribution in [3.63, 3.8) is 0 Å². The van der Waals surface area contributed by atoms with Gasteiger partial charge in [-0.15, -0.1) is 0 Å². The van der Waals surface area contributed by atoms with Crippen LogP contribution in [0.3, 0.4) is 0 Å². The molecule has 150 valence electrons. The largest absolute Gasteiger partial charge is 0.484 e. The van der Waals surface area contributed by atoms with Crippen LogP contribution in [0.25, 0.3) is 10.9 Å². The van der Waals surface area contributed by atoms with Gasteiger partial charge in [0.2, 0.25) is 5.91 Å². The number of likely N-dealkylation sites (N-methyl/N-ethyl adjacent to an activating group) is 1. The molecule has 1 N–H and O–H groups in total. The zero-order valence-electron chi connectivity index (χ0n) is 17.2. The molecule has 3 aromatic rings. The minimum absolute atomic E-state index is 0.0216. The average molecular weight is 391 g/mol. The van der Waals surface area contributed by atoms with Crippen LogP contribution in [0.4, 0.5) is 5.69 Å². The van der Waals surface area contributed by atoms with Gasteiger partial charge in [-0.1, -0.05) is 18.2 Å². The molecule has 0 saturated heterocycles. The lowest BCUT2D eigenvalue weighted by molar-refractivity contribution is -0.130. The molecule has 0 aliphatic heterocycles. The third-order valence-corrected chi connectivity index (χ3v) is 4.82. The zero-order chi connectivity index (χ0) is 21.0. The Labute approximate surface area is 170 Å². The molecular formula is C23H25N3O3. The topological polar surface area (TPSA) is 71.5 Å². The van der Waals surface area contributed by atoms with Gasteiger partial charge in [0.05, 0.1) is 11.9 Å². The maximum atomic E-state index is 12.6. The van der Waals surface area contributed by atoms with Crippen LogP contribution in [0.1, 0.15) is 16.8 Å². The normalized spacial score (nSPS) is 10.6. The van der Waals surface area contributed by atoms with Gasteiger partial charge >= 0.3 is 0 Å². The molecule has 0 radical (unpaired) electrons. The van der Waals surface area contributed by atoms with E-state index < -0.39 is 0 Å². The molecular weight excluding hydrogens is 366 g/mol. The van der Waals surface area contributed by atoms with E-state index in [2.05, 4.69) is 10.3 Å². The first-order valence-electron chi connectivity index (χ1n) is 9.43. The maximum absolute atomic E-state index is 12.6. The smallest absolute Gasteiger partial charge is 0.259 e. The minimum atomic E-state index is -0.114. The van der Waals surface area contributed by atoms with Gasteiger partial charge in [0, 0.05) is 30.9 Å². The molecule has 0 atom stereocenters. The predicted molar refractivity (Wildman–Crippen MR) is 114 cm³/mol. The van der Waals surface area contributed by atoms with Crippen molar-refractivity contribution in [2.75, 3.05) is 26.0 Å². The van der Waals surface area contributed by atoms with E-state index in [0.29, 0.717) is 11.4 Å². The molecule has 0 bridgehead atoms. The molecule has 0 unspecified atom stereocenters. The second-order valence-electron chi connectivity index (χ2n) is 7.14. The van der Waals surface area contributed by atoms with Gasteiger partial charge in [-0.05, 0) is 55.3 Å². The Morgan fingerprint density at radius 3 is 2.41 bits per heavy atom. The number of rotatable bonds is 6. The van der Waals surface area contributed by atoms with Gasteiger partial charge < -0.3 is 15.0 Å². The molecule has 0 spiro atoms. The summed E-state index contributed by atoms with van der Waals surface area (Å²) < 4.78 is 5.44. The second-order valence-corrected chi connectivity index (χ2v) is 7.14. The lowest BCUT2D eigenvalue weighted by atomic mass is 9.99. The molecule has 6 heteroatoms. The fourth-order valence-electron chi connectivity index (χ4n) is 3.11. The summed E-state index contributed by atoms with van der Waals surface area (Å²) in [6.07, 6.45) is 0.255. The van der Waals surface area contributed by atoms with Crippen LogP contribution in [0.5, 0.6) is 5.75 Å². The van der Waals surface area contributed by atoms with E-state index in [9.17, 15) is 9.59 Å².